The minimum absolute atomic E-state index is 0.0345. The lowest BCUT2D eigenvalue weighted by Gasteiger charge is -2.31. The van der Waals surface area contributed by atoms with E-state index >= 15 is 0 Å². The molecule has 0 saturated carbocycles. The number of carbonyl (C=O) groups is 1. The summed E-state index contributed by atoms with van der Waals surface area (Å²) in [6.45, 7) is 11.1. The first-order valence-electron chi connectivity index (χ1n) is 9.64. The van der Waals surface area contributed by atoms with Crippen LogP contribution < -0.4 is 0 Å². The van der Waals surface area contributed by atoms with Gasteiger partial charge in [0.15, 0.2) is 5.69 Å². The summed E-state index contributed by atoms with van der Waals surface area (Å²) in [5.74, 6) is 0.557. The van der Waals surface area contributed by atoms with Crippen LogP contribution >= 0.6 is 0 Å². The summed E-state index contributed by atoms with van der Waals surface area (Å²) < 4.78 is 5.62. The number of likely N-dealkylation sites (N-methyl/N-ethyl adjacent to an activating group) is 1. The van der Waals surface area contributed by atoms with Crippen molar-refractivity contribution in [2.45, 2.75) is 39.9 Å². The molecule has 0 spiro atoms. The number of piperazine rings is 1. The van der Waals surface area contributed by atoms with Gasteiger partial charge in [-0.25, -0.2) is 4.98 Å². The van der Waals surface area contributed by atoms with Crippen LogP contribution in [0.2, 0.25) is 0 Å². The number of hydrogen-bond donors (Lipinski definition) is 0. The van der Waals surface area contributed by atoms with Crippen LogP contribution in [0.5, 0.6) is 0 Å². The topological polar surface area (TPSA) is 52.8 Å². The van der Waals surface area contributed by atoms with E-state index < -0.39 is 0 Å². The largest absolute Gasteiger partial charge is 0.447 e. The molecule has 1 aromatic carbocycles. The molecule has 0 radical (unpaired) electrons. The lowest BCUT2D eigenvalue weighted by atomic mass is 10.1. The molecule has 27 heavy (non-hydrogen) atoms. The van der Waals surface area contributed by atoms with Crippen LogP contribution in [0.25, 0.3) is 0 Å². The molecular weight excluding hydrogens is 340 g/mol. The molecule has 0 unspecified atom stereocenters. The SMILES string of the molecule is Cc1ccc(CN(Cc2nc(C(=O)N3CCN(C)CC3)co2)C(C)C)cc1. The van der Waals surface area contributed by atoms with E-state index in [0.29, 0.717) is 24.2 Å². The van der Waals surface area contributed by atoms with Gasteiger partial charge in [-0.05, 0) is 33.4 Å². The van der Waals surface area contributed by atoms with Crippen molar-refractivity contribution >= 4 is 5.91 Å². The van der Waals surface area contributed by atoms with Crippen molar-refractivity contribution in [3.8, 4) is 0 Å². The van der Waals surface area contributed by atoms with Crippen LogP contribution in [0.4, 0.5) is 0 Å². The van der Waals surface area contributed by atoms with Crippen molar-refractivity contribution < 1.29 is 9.21 Å². The maximum absolute atomic E-state index is 12.6. The third-order valence-corrected chi connectivity index (χ3v) is 5.14. The van der Waals surface area contributed by atoms with E-state index in [1.807, 2.05) is 4.90 Å². The number of rotatable bonds is 6. The highest BCUT2D eigenvalue weighted by Crippen LogP contribution is 2.15. The maximum atomic E-state index is 12.6. The molecule has 6 nitrogen and oxygen atoms in total. The van der Waals surface area contributed by atoms with Crippen molar-refractivity contribution in [3.05, 3.63) is 53.2 Å². The fourth-order valence-corrected chi connectivity index (χ4v) is 3.18. The van der Waals surface area contributed by atoms with E-state index in [1.165, 1.54) is 17.4 Å². The highest BCUT2D eigenvalue weighted by Gasteiger charge is 2.23. The Balaban J connectivity index is 1.63. The zero-order valence-electron chi connectivity index (χ0n) is 16.8. The minimum Gasteiger partial charge on any atom is -0.447 e. The predicted octanol–water partition coefficient (Wildman–Crippen LogP) is 2.78. The Labute approximate surface area is 161 Å². The van der Waals surface area contributed by atoms with E-state index in [9.17, 15) is 4.79 Å². The fraction of sp³-hybridized carbons (Fsp3) is 0.524. The average Bonchev–Trinajstić information content (AvgIpc) is 3.11. The molecule has 2 aromatic rings. The van der Waals surface area contributed by atoms with Crippen LogP contribution in [0.15, 0.2) is 34.9 Å². The second-order valence-electron chi connectivity index (χ2n) is 7.71. The molecule has 1 saturated heterocycles. The Morgan fingerprint density at radius 1 is 1.15 bits per heavy atom. The standard InChI is InChI=1S/C21H30N4O2/c1-16(2)25(13-18-7-5-17(3)6-8-18)14-20-22-19(15-27-20)21(26)24-11-9-23(4)10-12-24/h5-8,15-16H,9-14H2,1-4H3. The number of aryl methyl sites for hydroxylation is 1. The second kappa shape index (κ2) is 8.67. The van der Waals surface area contributed by atoms with Crippen molar-refractivity contribution in [3.63, 3.8) is 0 Å². The van der Waals surface area contributed by atoms with Gasteiger partial charge in [-0.2, -0.15) is 0 Å². The number of benzene rings is 1. The van der Waals surface area contributed by atoms with E-state index in [2.05, 4.69) is 66.9 Å². The van der Waals surface area contributed by atoms with Gasteiger partial charge in [0.2, 0.25) is 5.89 Å². The van der Waals surface area contributed by atoms with Gasteiger partial charge in [0.25, 0.3) is 5.91 Å². The predicted molar refractivity (Wildman–Crippen MR) is 105 cm³/mol. The van der Waals surface area contributed by atoms with Crippen molar-refractivity contribution in [1.29, 1.82) is 0 Å². The van der Waals surface area contributed by atoms with Gasteiger partial charge < -0.3 is 14.2 Å². The van der Waals surface area contributed by atoms with Crippen LogP contribution in [0, 0.1) is 6.92 Å². The van der Waals surface area contributed by atoms with Gasteiger partial charge >= 0.3 is 0 Å². The zero-order chi connectivity index (χ0) is 19.4. The molecule has 1 aromatic heterocycles. The highest BCUT2D eigenvalue weighted by molar-refractivity contribution is 5.92. The van der Waals surface area contributed by atoms with Gasteiger partial charge in [-0.15, -0.1) is 0 Å². The zero-order valence-corrected chi connectivity index (χ0v) is 16.8. The molecule has 0 atom stereocenters. The Bertz CT molecular complexity index is 746. The van der Waals surface area contributed by atoms with E-state index in [0.717, 1.165) is 32.7 Å². The van der Waals surface area contributed by atoms with Gasteiger partial charge in [-0.1, -0.05) is 29.8 Å². The summed E-state index contributed by atoms with van der Waals surface area (Å²) in [4.78, 5) is 23.5. The first-order chi connectivity index (χ1) is 12.9. The van der Waals surface area contributed by atoms with Gasteiger partial charge in [0.05, 0.1) is 6.54 Å². The van der Waals surface area contributed by atoms with E-state index in [1.54, 1.807) is 0 Å². The fourth-order valence-electron chi connectivity index (χ4n) is 3.18. The van der Waals surface area contributed by atoms with Crippen LogP contribution in [0.3, 0.4) is 0 Å². The minimum atomic E-state index is -0.0345. The molecule has 0 aliphatic carbocycles. The van der Waals surface area contributed by atoms with Crippen LogP contribution in [-0.4, -0.2) is 64.9 Å². The lowest BCUT2D eigenvalue weighted by Crippen LogP contribution is -2.47. The van der Waals surface area contributed by atoms with Gasteiger partial charge in [0.1, 0.15) is 6.26 Å². The number of nitrogens with zero attached hydrogens (tertiary/aromatic N) is 4. The Kier molecular flexibility index (Phi) is 6.29. The van der Waals surface area contributed by atoms with E-state index in [4.69, 9.17) is 4.42 Å². The maximum Gasteiger partial charge on any atom is 0.275 e. The first kappa shape index (κ1) is 19.6. The molecule has 146 valence electrons. The highest BCUT2D eigenvalue weighted by atomic mass is 16.3. The third kappa shape index (κ3) is 5.17. The van der Waals surface area contributed by atoms with Crippen molar-refractivity contribution in [2.24, 2.45) is 0 Å². The number of hydrogen-bond acceptors (Lipinski definition) is 5. The number of amides is 1. The summed E-state index contributed by atoms with van der Waals surface area (Å²) in [7, 11) is 2.07. The van der Waals surface area contributed by atoms with Crippen LogP contribution in [-0.2, 0) is 13.1 Å². The summed E-state index contributed by atoms with van der Waals surface area (Å²) in [6, 6.07) is 8.91. The van der Waals surface area contributed by atoms with Crippen LogP contribution in [0.1, 0.15) is 41.4 Å². The summed E-state index contributed by atoms with van der Waals surface area (Å²) in [6.07, 6.45) is 1.50. The molecule has 0 bridgehead atoms. The number of carbonyl (C=O) groups excluding carboxylic acids is 1. The molecule has 2 heterocycles. The molecule has 1 aliphatic heterocycles. The summed E-state index contributed by atoms with van der Waals surface area (Å²) >= 11 is 0. The molecule has 3 rings (SSSR count). The normalized spacial score (nSPS) is 15.7. The number of aromatic nitrogens is 1. The van der Waals surface area contributed by atoms with Gasteiger partial charge in [0, 0.05) is 38.8 Å². The summed E-state index contributed by atoms with van der Waals surface area (Å²) in [5.41, 5.74) is 2.93. The Morgan fingerprint density at radius 2 is 1.81 bits per heavy atom. The molecule has 1 fully saturated rings. The molecule has 6 heteroatoms. The Hall–Kier alpha value is -2.18. The van der Waals surface area contributed by atoms with Gasteiger partial charge in [-0.3, -0.25) is 9.69 Å². The second-order valence-corrected chi connectivity index (χ2v) is 7.71. The Morgan fingerprint density at radius 3 is 2.44 bits per heavy atom. The first-order valence-corrected chi connectivity index (χ1v) is 9.64. The van der Waals surface area contributed by atoms with Crippen molar-refractivity contribution in [2.75, 3.05) is 33.2 Å². The monoisotopic (exact) mass is 370 g/mol. The average molecular weight is 370 g/mol. The molecule has 0 N–H and O–H groups in total. The third-order valence-electron chi connectivity index (χ3n) is 5.14. The van der Waals surface area contributed by atoms with E-state index in [-0.39, 0.29) is 5.91 Å². The summed E-state index contributed by atoms with van der Waals surface area (Å²) in [5, 5.41) is 0. The smallest absolute Gasteiger partial charge is 0.275 e. The quantitative estimate of drug-likeness (QED) is 0.783. The lowest BCUT2D eigenvalue weighted by molar-refractivity contribution is 0.0658. The number of oxazole rings is 1. The van der Waals surface area contributed by atoms with Crippen molar-refractivity contribution in [1.82, 2.24) is 19.7 Å². The molecule has 1 aliphatic rings. The molecular formula is C21H30N4O2. The molecule has 1 amide bonds.